The Morgan fingerprint density at radius 1 is 1.05 bits per heavy atom. The molecule has 19 heavy (non-hydrogen) atoms. The van der Waals surface area contributed by atoms with Gasteiger partial charge >= 0.3 is 0 Å². The first-order valence-electron chi connectivity index (χ1n) is 8.34. The second kappa shape index (κ2) is 9.77. The van der Waals surface area contributed by atoms with Crippen LogP contribution < -0.4 is 5.32 Å². The molecule has 2 atom stereocenters. The highest BCUT2D eigenvalue weighted by Crippen LogP contribution is 2.22. The van der Waals surface area contributed by atoms with Crippen molar-refractivity contribution in [3.8, 4) is 0 Å². The highest BCUT2D eigenvalue weighted by atomic mass is 15.1. The summed E-state index contributed by atoms with van der Waals surface area (Å²) in [5.41, 5.74) is 0.349. The van der Waals surface area contributed by atoms with E-state index in [-0.39, 0.29) is 0 Å². The van der Waals surface area contributed by atoms with Crippen LogP contribution in [0, 0.1) is 5.41 Å². The molecule has 0 rings (SSSR count). The average molecular weight is 271 g/mol. The SMILES string of the molecule is CCCCN(CCC(NCC)C(C)(C)C)C(C)CC. The standard InChI is InChI=1S/C17H38N2/c1-8-11-13-19(15(4)9-2)14-12-16(18-10-3)17(5,6)7/h15-16,18H,8-14H2,1-7H3. The fourth-order valence-corrected chi connectivity index (χ4v) is 2.55. The van der Waals surface area contributed by atoms with Crippen LogP contribution in [0.5, 0.6) is 0 Å². The van der Waals surface area contributed by atoms with Crippen LogP contribution in [0.4, 0.5) is 0 Å². The van der Waals surface area contributed by atoms with Gasteiger partial charge in [0.1, 0.15) is 0 Å². The zero-order valence-electron chi connectivity index (χ0n) is 14.6. The van der Waals surface area contributed by atoms with E-state index in [1.807, 2.05) is 0 Å². The van der Waals surface area contributed by atoms with Crippen LogP contribution in [0.1, 0.15) is 74.1 Å². The van der Waals surface area contributed by atoms with E-state index in [0.717, 1.165) is 6.54 Å². The summed E-state index contributed by atoms with van der Waals surface area (Å²) in [5.74, 6) is 0. The van der Waals surface area contributed by atoms with E-state index in [1.165, 1.54) is 38.8 Å². The Labute approximate surface area is 122 Å². The quantitative estimate of drug-likeness (QED) is 0.636. The highest BCUT2D eigenvalue weighted by Gasteiger charge is 2.24. The van der Waals surface area contributed by atoms with E-state index in [4.69, 9.17) is 0 Å². The van der Waals surface area contributed by atoms with Crippen LogP contribution >= 0.6 is 0 Å². The number of nitrogens with zero attached hydrogens (tertiary/aromatic N) is 1. The first-order valence-corrected chi connectivity index (χ1v) is 8.34. The van der Waals surface area contributed by atoms with Crippen LogP contribution in [-0.2, 0) is 0 Å². The minimum atomic E-state index is 0.349. The van der Waals surface area contributed by atoms with Crippen LogP contribution in [0.25, 0.3) is 0 Å². The van der Waals surface area contributed by atoms with Gasteiger partial charge in [0.05, 0.1) is 0 Å². The van der Waals surface area contributed by atoms with Gasteiger partial charge < -0.3 is 10.2 Å². The van der Waals surface area contributed by atoms with E-state index in [0.29, 0.717) is 17.5 Å². The van der Waals surface area contributed by atoms with E-state index < -0.39 is 0 Å². The van der Waals surface area contributed by atoms with E-state index in [1.54, 1.807) is 0 Å². The molecule has 1 N–H and O–H groups in total. The monoisotopic (exact) mass is 270 g/mol. The third-order valence-corrected chi connectivity index (χ3v) is 4.21. The van der Waals surface area contributed by atoms with Crippen molar-refractivity contribution < 1.29 is 0 Å². The molecule has 0 aromatic rings. The molecular formula is C17H38N2. The van der Waals surface area contributed by atoms with Gasteiger partial charge in [0.25, 0.3) is 0 Å². The molecule has 0 heterocycles. The molecule has 0 aliphatic rings. The van der Waals surface area contributed by atoms with Crippen molar-refractivity contribution in [2.75, 3.05) is 19.6 Å². The minimum Gasteiger partial charge on any atom is -0.314 e. The summed E-state index contributed by atoms with van der Waals surface area (Å²) in [4.78, 5) is 2.68. The zero-order chi connectivity index (χ0) is 14.9. The predicted octanol–water partition coefficient (Wildman–Crippen LogP) is 4.30. The van der Waals surface area contributed by atoms with Crippen LogP contribution in [0.2, 0.25) is 0 Å². The molecule has 2 unspecified atom stereocenters. The predicted molar refractivity (Wildman–Crippen MR) is 87.8 cm³/mol. The van der Waals surface area contributed by atoms with E-state index in [9.17, 15) is 0 Å². The normalized spacial score (nSPS) is 15.8. The summed E-state index contributed by atoms with van der Waals surface area (Å²) in [6.45, 7) is 19.8. The fourth-order valence-electron chi connectivity index (χ4n) is 2.55. The van der Waals surface area contributed by atoms with Crippen molar-refractivity contribution in [2.45, 2.75) is 86.2 Å². The summed E-state index contributed by atoms with van der Waals surface area (Å²) < 4.78 is 0. The van der Waals surface area contributed by atoms with Gasteiger partial charge in [-0.3, -0.25) is 0 Å². The lowest BCUT2D eigenvalue weighted by atomic mass is 9.84. The molecule has 0 aromatic carbocycles. The lowest BCUT2D eigenvalue weighted by molar-refractivity contribution is 0.166. The highest BCUT2D eigenvalue weighted by molar-refractivity contribution is 4.81. The lowest BCUT2D eigenvalue weighted by Gasteiger charge is -2.35. The molecule has 0 saturated carbocycles. The van der Waals surface area contributed by atoms with Gasteiger partial charge in [-0.05, 0) is 51.2 Å². The van der Waals surface area contributed by atoms with E-state index in [2.05, 4.69) is 58.7 Å². The van der Waals surface area contributed by atoms with E-state index >= 15 is 0 Å². The fraction of sp³-hybridized carbons (Fsp3) is 1.00. The molecule has 2 nitrogen and oxygen atoms in total. The minimum absolute atomic E-state index is 0.349. The largest absolute Gasteiger partial charge is 0.314 e. The second-order valence-electron chi connectivity index (χ2n) is 6.91. The van der Waals surface area contributed by atoms with Gasteiger partial charge in [0, 0.05) is 12.1 Å². The molecule has 0 amide bonds. The molecule has 116 valence electrons. The Kier molecular flexibility index (Phi) is 9.72. The van der Waals surface area contributed by atoms with Gasteiger partial charge in [0.2, 0.25) is 0 Å². The average Bonchev–Trinajstić information content (AvgIpc) is 2.35. The molecule has 0 aromatic heterocycles. The Bertz CT molecular complexity index is 208. The zero-order valence-corrected chi connectivity index (χ0v) is 14.6. The summed E-state index contributed by atoms with van der Waals surface area (Å²) in [6, 6.07) is 1.33. The molecular weight excluding hydrogens is 232 g/mol. The molecule has 0 spiro atoms. The summed E-state index contributed by atoms with van der Waals surface area (Å²) in [6.07, 6.45) is 5.13. The Morgan fingerprint density at radius 3 is 2.11 bits per heavy atom. The van der Waals surface area contributed by atoms with Crippen LogP contribution in [0.15, 0.2) is 0 Å². The number of nitrogens with one attached hydrogen (secondary N) is 1. The molecule has 0 bridgehead atoms. The molecule has 0 saturated heterocycles. The summed E-state index contributed by atoms with van der Waals surface area (Å²) in [7, 11) is 0. The lowest BCUT2D eigenvalue weighted by Crippen LogP contribution is -2.44. The van der Waals surface area contributed by atoms with Crippen molar-refractivity contribution >= 4 is 0 Å². The first-order chi connectivity index (χ1) is 8.86. The molecule has 0 aliphatic heterocycles. The Morgan fingerprint density at radius 2 is 1.68 bits per heavy atom. The number of hydrogen-bond donors (Lipinski definition) is 1. The summed E-state index contributed by atoms with van der Waals surface area (Å²) in [5, 5.41) is 3.66. The molecule has 0 radical (unpaired) electrons. The molecule has 2 heteroatoms. The topological polar surface area (TPSA) is 15.3 Å². The van der Waals surface area contributed by atoms with Crippen molar-refractivity contribution in [1.82, 2.24) is 10.2 Å². The smallest absolute Gasteiger partial charge is 0.0128 e. The first kappa shape index (κ1) is 18.9. The third kappa shape index (κ3) is 7.94. The number of rotatable bonds is 10. The van der Waals surface area contributed by atoms with Gasteiger partial charge in [-0.1, -0.05) is 48.0 Å². The van der Waals surface area contributed by atoms with Crippen LogP contribution in [0.3, 0.4) is 0 Å². The second-order valence-corrected chi connectivity index (χ2v) is 6.91. The maximum Gasteiger partial charge on any atom is 0.0128 e. The molecule has 0 aliphatic carbocycles. The van der Waals surface area contributed by atoms with Crippen LogP contribution in [-0.4, -0.2) is 36.6 Å². The Balaban J connectivity index is 4.40. The van der Waals surface area contributed by atoms with Gasteiger partial charge in [-0.25, -0.2) is 0 Å². The third-order valence-electron chi connectivity index (χ3n) is 4.21. The maximum atomic E-state index is 3.66. The molecule has 0 fully saturated rings. The van der Waals surface area contributed by atoms with Crippen molar-refractivity contribution in [1.29, 1.82) is 0 Å². The van der Waals surface area contributed by atoms with Gasteiger partial charge in [0.15, 0.2) is 0 Å². The van der Waals surface area contributed by atoms with Crippen molar-refractivity contribution in [3.63, 3.8) is 0 Å². The Hall–Kier alpha value is -0.0800. The van der Waals surface area contributed by atoms with Crippen molar-refractivity contribution in [3.05, 3.63) is 0 Å². The van der Waals surface area contributed by atoms with Crippen molar-refractivity contribution in [2.24, 2.45) is 5.41 Å². The number of hydrogen-bond acceptors (Lipinski definition) is 2. The number of unbranched alkanes of at least 4 members (excludes halogenated alkanes) is 1. The summed E-state index contributed by atoms with van der Waals surface area (Å²) >= 11 is 0. The maximum absolute atomic E-state index is 3.66. The van der Waals surface area contributed by atoms with Gasteiger partial charge in [-0.2, -0.15) is 0 Å². The van der Waals surface area contributed by atoms with Gasteiger partial charge in [-0.15, -0.1) is 0 Å².